The van der Waals surface area contributed by atoms with E-state index in [9.17, 15) is 0 Å². The van der Waals surface area contributed by atoms with Gasteiger partial charge in [-0.15, -0.1) is 0 Å². The third kappa shape index (κ3) is 10.6. The van der Waals surface area contributed by atoms with Crippen LogP contribution < -0.4 is 5.32 Å². The predicted molar refractivity (Wildman–Crippen MR) is 78.0 cm³/mol. The zero-order valence-electron chi connectivity index (χ0n) is 12.3. The molecule has 1 radical (unpaired) electrons. The van der Waals surface area contributed by atoms with Crippen molar-refractivity contribution in [2.45, 2.75) is 71.8 Å². The Kier molecular flexibility index (Phi) is 10.6. The molecule has 3 atom stereocenters. The monoisotopic (exact) mass is 238 g/mol. The zero-order valence-corrected chi connectivity index (χ0v) is 12.3. The van der Waals surface area contributed by atoms with Gasteiger partial charge in [-0.2, -0.15) is 0 Å². The van der Waals surface area contributed by atoms with Gasteiger partial charge in [-0.1, -0.05) is 58.6 Å². The summed E-state index contributed by atoms with van der Waals surface area (Å²) in [5.74, 6) is 1.64. The van der Waals surface area contributed by atoms with E-state index in [0.29, 0.717) is 6.04 Å². The second-order valence-electron chi connectivity index (χ2n) is 5.73. The maximum atomic E-state index is 5.44. The minimum atomic E-state index is 0.669. The van der Waals surface area contributed by atoms with E-state index in [0.717, 1.165) is 18.3 Å². The van der Waals surface area contributed by atoms with Gasteiger partial charge in [0.2, 0.25) is 0 Å². The van der Waals surface area contributed by atoms with E-state index in [1.807, 2.05) is 7.05 Å². The summed E-state index contributed by atoms with van der Waals surface area (Å²) in [5, 5.41) is 3.30. The maximum absolute atomic E-state index is 5.44. The molecule has 0 fully saturated rings. The molecule has 1 heteroatoms. The van der Waals surface area contributed by atoms with E-state index in [4.69, 9.17) is 6.58 Å². The second kappa shape index (κ2) is 10.8. The molecular weight excluding hydrogens is 206 g/mol. The molecule has 1 nitrogen and oxygen atoms in total. The Labute approximate surface area is 109 Å². The first-order chi connectivity index (χ1) is 8.10. The highest BCUT2D eigenvalue weighted by atomic mass is 14.8. The SMILES string of the molecule is [CH]=CCC(C)CCCC(C)CCCC(C)NC. The summed E-state index contributed by atoms with van der Waals surface area (Å²) < 4.78 is 0. The summed E-state index contributed by atoms with van der Waals surface area (Å²) in [5.41, 5.74) is 0. The third-order valence-corrected chi connectivity index (χ3v) is 3.76. The first-order valence-electron chi connectivity index (χ1n) is 7.30. The second-order valence-corrected chi connectivity index (χ2v) is 5.73. The Hall–Kier alpha value is -0.300. The normalized spacial score (nSPS) is 16.5. The molecule has 3 unspecified atom stereocenters. The van der Waals surface area contributed by atoms with Crippen LogP contribution in [-0.2, 0) is 0 Å². The number of hydrogen-bond donors (Lipinski definition) is 1. The average Bonchev–Trinajstić information content (AvgIpc) is 2.29. The van der Waals surface area contributed by atoms with Crippen LogP contribution in [0.2, 0.25) is 0 Å². The van der Waals surface area contributed by atoms with E-state index >= 15 is 0 Å². The van der Waals surface area contributed by atoms with Gasteiger partial charge in [0, 0.05) is 6.04 Å². The summed E-state index contributed by atoms with van der Waals surface area (Å²) >= 11 is 0. The summed E-state index contributed by atoms with van der Waals surface area (Å²) in [6.07, 6.45) is 11.0. The van der Waals surface area contributed by atoms with Crippen LogP contribution in [0.4, 0.5) is 0 Å². The summed E-state index contributed by atoms with van der Waals surface area (Å²) in [6.45, 7) is 12.4. The van der Waals surface area contributed by atoms with E-state index in [-0.39, 0.29) is 0 Å². The minimum absolute atomic E-state index is 0.669. The molecular formula is C16H32N. The van der Waals surface area contributed by atoms with Crippen LogP contribution in [0.5, 0.6) is 0 Å². The van der Waals surface area contributed by atoms with Gasteiger partial charge in [-0.05, 0) is 38.6 Å². The minimum Gasteiger partial charge on any atom is -0.317 e. The van der Waals surface area contributed by atoms with E-state index in [1.54, 1.807) is 6.08 Å². The molecule has 1 N–H and O–H groups in total. The smallest absolute Gasteiger partial charge is 0.00357 e. The quantitative estimate of drug-likeness (QED) is 0.555. The highest BCUT2D eigenvalue weighted by molar-refractivity contribution is 4.68. The summed E-state index contributed by atoms with van der Waals surface area (Å²) in [6, 6.07) is 0.669. The Bertz CT molecular complexity index is 176. The number of allylic oxidation sites excluding steroid dienone is 1. The lowest BCUT2D eigenvalue weighted by atomic mass is 9.93. The predicted octanol–water partition coefficient (Wildman–Crippen LogP) is 4.59. The first kappa shape index (κ1) is 16.7. The largest absolute Gasteiger partial charge is 0.317 e. The fraction of sp³-hybridized carbons (Fsp3) is 0.875. The van der Waals surface area contributed by atoms with Crippen LogP contribution in [0.3, 0.4) is 0 Å². The van der Waals surface area contributed by atoms with Crippen molar-refractivity contribution in [1.29, 1.82) is 0 Å². The van der Waals surface area contributed by atoms with Crippen LogP contribution in [0.1, 0.15) is 65.7 Å². The number of nitrogens with one attached hydrogen (secondary N) is 1. The lowest BCUT2D eigenvalue weighted by Crippen LogP contribution is -2.20. The van der Waals surface area contributed by atoms with Crippen molar-refractivity contribution in [3.8, 4) is 0 Å². The van der Waals surface area contributed by atoms with Crippen molar-refractivity contribution in [1.82, 2.24) is 5.32 Å². The Morgan fingerprint density at radius 3 is 2.00 bits per heavy atom. The van der Waals surface area contributed by atoms with Gasteiger partial charge in [0.25, 0.3) is 0 Å². The first-order valence-corrected chi connectivity index (χ1v) is 7.30. The highest BCUT2D eigenvalue weighted by Gasteiger charge is 2.05. The van der Waals surface area contributed by atoms with Gasteiger partial charge in [0.1, 0.15) is 0 Å². The Balaban J connectivity index is 3.40. The molecule has 0 saturated carbocycles. The standard InChI is InChI=1S/C16H32N/c1-6-9-14(2)10-7-11-15(3)12-8-13-16(4)17-5/h1,6,14-17H,7-13H2,2-5H3. The molecule has 0 spiro atoms. The van der Waals surface area contributed by atoms with E-state index in [1.165, 1.54) is 38.5 Å². The van der Waals surface area contributed by atoms with Crippen molar-refractivity contribution in [3.63, 3.8) is 0 Å². The van der Waals surface area contributed by atoms with Gasteiger partial charge >= 0.3 is 0 Å². The summed E-state index contributed by atoms with van der Waals surface area (Å²) in [7, 11) is 2.05. The van der Waals surface area contributed by atoms with Crippen LogP contribution >= 0.6 is 0 Å². The Morgan fingerprint density at radius 1 is 0.941 bits per heavy atom. The maximum Gasteiger partial charge on any atom is 0.00357 e. The molecule has 0 aliphatic rings. The lowest BCUT2D eigenvalue weighted by molar-refractivity contribution is 0.402. The average molecular weight is 238 g/mol. The van der Waals surface area contributed by atoms with Crippen molar-refractivity contribution in [2.24, 2.45) is 11.8 Å². The number of rotatable bonds is 11. The molecule has 0 amide bonds. The molecule has 0 heterocycles. The van der Waals surface area contributed by atoms with Crippen molar-refractivity contribution in [3.05, 3.63) is 12.7 Å². The molecule has 17 heavy (non-hydrogen) atoms. The lowest BCUT2D eigenvalue weighted by Gasteiger charge is -2.15. The molecule has 0 bridgehead atoms. The van der Waals surface area contributed by atoms with Gasteiger partial charge in [-0.25, -0.2) is 0 Å². The zero-order chi connectivity index (χ0) is 13.1. The van der Waals surface area contributed by atoms with Gasteiger partial charge in [0.15, 0.2) is 0 Å². The van der Waals surface area contributed by atoms with Crippen LogP contribution in [0.15, 0.2) is 6.08 Å². The third-order valence-electron chi connectivity index (χ3n) is 3.76. The van der Waals surface area contributed by atoms with Gasteiger partial charge in [0.05, 0.1) is 0 Å². The van der Waals surface area contributed by atoms with Crippen molar-refractivity contribution < 1.29 is 0 Å². The highest BCUT2D eigenvalue weighted by Crippen LogP contribution is 2.19. The molecule has 0 saturated heterocycles. The molecule has 0 rings (SSSR count). The Morgan fingerprint density at radius 2 is 1.47 bits per heavy atom. The van der Waals surface area contributed by atoms with E-state index < -0.39 is 0 Å². The molecule has 0 aliphatic heterocycles. The molecule has 0 aromatic carbocycles. The van der Waals surface area contributed by atoms with Crippen LogP contribution in [-0.4, -0.2) is 13.1 Å². The van der Waals surface area contributed by atoms with Crippen LogP contribution in [0.25, 0.3) is 0 Å². The number of hydrogen-bond acceptors (Lipinski definition) is 1. The van der Waals surface area contributed by atoms with Crippen molar-refractivity contribution >= 4 is 0 Å². The van der Waals surface area contributed by atoms with Gasteiger partial charge < -0.3 is 5.32 Å². The van der Waals surface area contributed by atoms with E-state index in [2.05, 4.69) is 26.1 Å². The summed E-state index contributed by atoms with van der Waals surface area (Å²) in [4.78, 5) is 0. The fourth-order valence-electron chi connectivity index (χ4n) is 2.23. The molecule has 101 valence electrons. The van der Waals surface area contributed by atoms with Crippen LogP contribution in [0, 0.1) is 18.4 Å². The molecule has 0 aliphatic carbocycles. The fourth-order valence-corrected chi connectivity index (χ4v) is 2.23. The van der Waals surface area contributed by atoms with Gasteiger partial charge in [-0.3, -0.25) is 0 Å². The topological polar surface area (TPSA) is 12.0 Å². The molecule has 0 aromatic heterocycles. The molecule has 0 aromatic rings. The van der Waals surface area contributed by atoms with Crippen molar-refractivity contribution in [2.75, 3.05) is 7.05 Å².